The van der Waals surface area contributed by atoms with Crippen molar-refractivity contribution in [3.8, 4) is 0 Å². The number of quaternary nitrogens is 1. The first-order valence-corrected chi connectivity index (χ1v) is 9.10. The van der Waals surface area contributed by atoms with Gasteiger partial charge in [0.05, 0.1) is 26.7 Å². The Kier molecular flexibility index (Phi) is 13.8. The maximum atomic E-state index is 2.46. The average Bonchev–Trinajstić information content (AvgIpc) is 2.83. The van der Waals surface area contributed by atoms with Gasteiger partial charge in [-0.15, -0.1) is 0 Å². The molecule has 0 radical (unpaired) electrons. The van der Waals surface area contributed by atoms with Gasteiger partial charge in [-0.25, -0.2) is 0 Å². The zero-order valence-corrected chi connectivity index (χ0v) is 16.3. The maximum absolute atomic E-state index is 2.46. The second-order valence-corrected chi connectivity index (χ2v) is 7.03. The van der Waals surface area contributed by atoms with Gasteiger partial charge in [0.2, 0.25) is 0 Å². The average molecular weight is 395 g/mol. The fraction of sp³-hybridized carbons (Fsp3) is 1.00. The molecular formula is C18H38IN. The first-order chi connectivity index (χ1) is 9.27. The van der Waals surface area contributed by atoms with Crippen molar-refractivity contribution in [2.24, 2.45) is 0 Å². The van der Waals surface area contributed by atoms with E-state index in [1.807, 2.05) is 0 Å². The summed E-state index contributed by atoms with van der Waals surface area (Å²) in [5.41, 5.74) is 0. The third-order valence-electron chi connectivity index (χ3n) is 4.95. The minimum atomic E-state index is 0. The molecule has 0 bridgehead atoms. The topological polar surface area (TPSA) is 0 Å². The minimum Gasteiger partial charge on any atom is -1.00 e. The smallest absolute Gasteiger partial charge is 0.0786 e. The van der Waals surface area contributed by atoms with Gasteiger partial charge in [0.15, 0.2) is 0 Å². The molecule has 2 heteroatoms. The number of rotatable bonds is 12. The zero-order chi connectivity index (χ0) is 13.8. The van der Waals surface area contributed by atoms with E-state index in [1.165, 1.54) is 108 Å². The number of likely N-dealkylation sites (tertiary alicyclic amines) is 1. The van der Waals surface area contributed by atoms with E-state index >= 15 is 0 Å². The standard InChI is InChI=1S/C18H38N.HI/c1-3-4-5-6-7-8-9-10-11-12-13-16-19(2)17-14-15-18-19;/h3-18H2,1-2H3;1H/q+1;/p-1. The van der Waals surface area contributed by atoms with Crippen molar-refractivity contribution in [3.05, 3.63) is 0 Å². The summed E-state index contributed by atoms with van der Waals surface area (Å²) >= 11 is 0. The van der Waals surface area contributed by atoms with E-state index in [1.54, 1.807) is 0 Å². The summed E-state index contributed by atoms with van der Waals surface area (Å²) < 4.78 is 1.37. The van der Waals surface area contributed by atoms with Crippen LogP contribution in [0.3, 0.4) is 0 Å². The van der Waals surface area contributed by atoms with Crippen molar-refractivity contribution in [1.29, 1.82) is 0 Å². The van der Waals surface area contributed by atoms with E-state index in [-0.39, 0.29) is 24.0 Å². The Morgan fingerprint density at radius 2 is 1.05 bits per heavy atom. The van der Waals surface area contributed by atoms with Crippen molar-refractivity contribution < 1.29 is 28.5 Å². The lowest BCUT2D eigenvalue weighted by atomic mass is 10.1. The van der Waals surface area contributed by atoms with Gasteiger partial charge in [-0.3, -0.25) is 0 Å². The quantitative estimate of drug-likeness (QED) is 0.271. The van der Waals surface area contributed by atoms with Crippen LogP contribution in [-0.2, 0) is 0 Å². The lowest BCUT2D eigenvalue weighted by Crippen LogP contribution is -3.00. The van der Waals surface area contributed by atoms with Crippen LogP contribution in [0.25, 0.3) is 0 Å². The highest BCUT2D eigenvalue weighted by Gasteiger charge is 2.25. The Labute approximate surface area is 145 Å². The Hall–Kier alpha value is 0.690. The number of unbranched alkanes of at least 4 members (excludes halogenated alkanes) is 10. The highest BCUT2D eigenvalue weighted by atomic mass is 127. The first-order valence-electron chi connectivity index (χ1n) is 9.10. The summed E-state index contributed by atoms with van der Waals surface area (Å²) in [6, 6.07) is 0. The molecule has 1 fully saturated rings. The van der Waals surface area contributed by atoms with Gasteiger partial charge < -0.3 is 28.5 Å². The number of nitrogens with zero attached hydrogens (tertiary/aromatic N) is 1. The molecule has 1 saturated heterocycles. The Morgan fingerprint density at radius 1 is 0.650 bits per heavy atom. The summed E-state index contributed by atoms with van der Waals surface area (Å²) in [6.45, 7) is 6.62. The molecule has 1 aliphatic heterocycles. The molecule has 0 aromatic rings. The fourth-order valence-corrected chi connectivity index (χ4v) is 3.48. The van der Waals surface area contributed by atoms with Gasteiger partial charge in [0.1, 0.15) is 0 Å². The van der Waals surface area contributed by atoms with E-state index in [2.05, 4.69) is 14.0 Å². The van der Waals surface area contributed by atoms with E-state index in [9.17, 15) is 0 Å². The molecule has 0 aromatic heterocycles. The summed E-state index contributed by atoms with van der Waals surface area (Å²) in [5.74, 6) is 0. The van der Waals surface area contributed by atoms with Crippen LogP contribution in [0, 0.1) is 0 Å². The molecule has 1 aliphatic rings. The van der Waals surface area contributed by atoms with Gasteiger partial charge in [-0.1, -0.05) is 64.7 Å². The predicted molar refractivity (Wildman–Crippen MR) is 86.5 cm³/mol. The summed E-state index contributed by atoms with van der Waals surface area (Å²) in [5, 5.41) is 0. The Morgan fingerprint density at radius 3 is 1.50 bits per heavy atom. The largest absolute Gasteiger partial charge is 1.00 e. The summed E-state index contributed by atoms with van der Waals surface area (Å²) in [4.78, 5) is 0. The Bertz CT molecular complexity index is 200. The molecule has 20 heavy (non-hydrogen) atoms. The molecule has 1 nitrogen and oxygen atoms in total. The van der Waals surface area contributed by atoms with Gasteiger partial charge in [-0.05, 0) is 12.8 Å². The normalized spacial score (nSPS) is 17.1. The highest BCUT2D eigenvalue weighted by molar-refractivity contribution is 4.53. The molecule has 122 valence electrons. The number of hydrogen-bond acceptors (Lipinski definition) is 0. The van der Waals surface area contributed by atoms with Crippen LogP contribution in [0.4, 0.5) is 0 Å². The number of hydrogen-bond donors (Lipinski definition) is 0. The van der Waals surface area contributed by atoms with Crippen molar-refractivity contribution in [1.82, 2.24) is 0 Å². The van der Waals surface area contributed by atoms with Crippen LogP contribution >= 0.6 is 0 Å². The molecular weight excluding hydrogens is 357 g/mol. The fourth-order valence-electron chi connectivity index (χ4n) is 3.48. The van der Waals surface area contributed by atoms with Gasteiger partial charge in [0.25, 0.3) is 0 Å². The van der Waals surface area contributed by atoms with Crippen molar-refractivity contribution in [3.63, 3.8) is 0 Å². The molecule has 1 heterocycles. The highest BCUT2D eigenvalue weighted by Crippen LogP contribution is 2.18. The van der Waals surface area contributed by atoms with Crippen molar-refractivity contribution >= 4 is 0 Å². The molecule has 0 unspecified atom stereocenters. The van der Waals surface area contributed by atoms with Gasteiger partial charge in [0, 0.05) is 12.8 Å². The van der Waals surface area contributed by atoms with E-state index in [0.717, 1.165) is 0 Å². The van der Waals surface area contributed by atoms with Gasteiger partial charge in [-0.2, -0.15) is 0 Å². The zero-order valence-electron chi connectivity index (χ0n) is 14.1. The monoisotopic (exact) mass is 395 g/mol. The molecule has 0 atom stereocenters. The van der Waals surface area contributed by atoms with Crippen LogP contribution in [0.15, 0.2) is 0 Å². The first kappa shape index (κ1) is 20.7. The third-order valence-corrected chi connectivity index (χ3v) is 4.95. The summed E-state index contributed by atoms with van der Waals surface area (Å²) in [7, 11) is 2.46. The molecule has 0 aliphatic carbocycles. The molecule has 1 rings (SSSR count). The second-order valence-electron chi connectivity index (χ2n) is 7.03. The summed E-state index contributed by atoms with van der Waals surface area (Å²) in [6.07, 6.45) is 19.0. The predicted octanol–water partition coefficient (Wildman–Crippen LogP) is 2.54. The van der Waals surface area contributed by atoms with Crippen LogP contribution in [0.1, 0.15) is 90.4 Å². The van der Waals surface area contributed by atoms with Gasteiger partial charge >= 0.3 is 0 Å². The third kappa shape index (κ3) is 10.4. The van der Waals surface area contributed by atoms with E-state index < -0.39 is 0 Å². The molecule has 0 N–H and O–H groups in total. The number of halogens is 1. The molecule has 0 spiro atoms. The van der Waals surface area contributed by atoms with E-state index in [4.69, 9.17) is 0 Å². The lowest BCUT2D eigenvalue weighted by Gasteiger charge is -2.29. The van der Waals surface area contributed by atoms with Crippen LogP contribution in [0.2, 0.25) is 0 Å². The molecule has 0 amide bonds. The Balaban J connectivity index is 0.00000361. The van der Waals surface area contributed by atoms with Crippen LogP contribution in [0.5, 0.6) is 0 Å². The van der Waals surface area contributed by atoms with Crippen molar-refractivity contribution in [2.45, 2.75) is 90.4 Å². The maximum Gasteiger partial charge on any atom is 0.0786 e. The SMILES string of the molecule is CCCCCCCCCCCCC[N+]1(C)CCCC1.[I-]. The van der Waals surface area contributed by atoms with E-state index in [0.29, 0.717) is 0 Å². The van der Waals surface area contributed by atoms with Crippen LogP contribution in [-0.4, -0.2) is 31.2 Å². The minimum absolute atomic E-state index is 0. The lowest BCUT2D eigenvalue weighted by molar-refractivity contribution is -0.897. The molecule has 0 saturated carbocycles. The van der Waals surface area contributed by atoms with Crippen molar-refractivity contribution in [2.75, 3.05) is 26.7 Å². The van der Waals surface area contributed by atoms with Crippen LogP contribution < -0.4 is 24.0 Å². The second kappa shape index (κ2) is 13.4. The molecule has 0 aromatic carbocycles.